The van der Waals surface area contributed by atoms with Gasteiger partial charge in [-0.2, -0.15) is 0 Å². The van der Waals surface area contributed by atoms with Crippen LogP contribution in [0.25, 0.3) is 0 Å². The average molecular weight is 304 g/mol. The van der Waals surface area contributed by atoms with E-state index in [0.29, 0.717) is 17.7 Å². The molecule has 0 amide bonds. The zero-order chi connectivity index (χ0) is 15.0. The number of fused-ring (bicyclic) bond motifs is 1. The van der Waals surface area contributed by atoms with Crippen LogP contribution in [0.5, 0.6) is 5.75 Å². The molecule has 1 unspecified atom stereocenters. The standard InChI is InChI=1S/C16H16O4S/c1-20-12-3-2-10-4-6-16(19,9-11(10)8-12)14-13(15(17)18)5-7-21-14/h2-3,5,7-8,19H,4,6,9H2,1H3,(H,17,18). The van der Waals surface area contributed by atoms with Gasteiger partial charge in [0, 0.05) is 6.42 Å². The summed E-state index contributed by atoms with van der Waals surface area (Å²) in [5, 5.41) is 22.0. The molecule has 0 aliphatic heterocycles. The maximum atomic E-state index is 11.3. The SMILES string of the molecule is COc1ccc2c(c1)CC(O)(c1sccc1C(=O)O)CC2. The molecule has 4 nitrogen and oxygen atoms in total. The maximum absolute atomic E-state index is 11.3. The second-order valence-corrected chi connectivity index (χ2v) is 6.23. The molecule has 0 bridgehead atoms. The van der Waals surface area contributed by atoms with Gasteiger partial charge >= 0.3 is 5.97 Å². The van der Waals surface area contributed by atoms with E-state index < -0.39 is 11.6 Å². The van der Waals surface area contributed by atoms with Gasteiger partial charge in [0.25, 0.3) is 0 Å². The highest BCUT2D eigenvalue weighted by Crippen LogP contribution is 2.41. The molecule has 1 atom stereocenters. The quantitative estimate of drug-likeness (QED) is 0.915. The number of aryl methyl sites for hydroxylation is 1. The van der Waals surface area contributed by atoms with Crippen molar-refractivity contribution < 1.29 is 19.7 Å². The van der Waals surface area contributed by atoms with Crippen LogP contribution in [0.1, 0.15) is 32.8 Å². The first-order valence-electron chi connectivity index (χ1n) is 6.73. The van der Waals surface area contributed by atoms with E-state index in [0.717, 1.165) is 17.7 Å². The Morgan fingerprint density at radius 3 is 2.86 bits per heavy atom. The molecule has 1 aromatic carbocycles. The van der Waals surface area contributed by atoms with Crippen molar-refractivity contribution in [3.63, 3.8) is 0 Å². The van der Waals surface area contributed by atoms with Crippen LogP contribution in [-0.2, 0) is 18.4 Å². The summed E-state index contributed by atoms with van der Waals surface area (Å²) in [7, 11) is 1.61. The largest absolute Gasteiger partial charge is 0.497 e. The van der Waals surface area contributed by atoms with Crippen LogP contribution in [0, 0.1) is 0 Å². The summed E-state index contributed by atoms with van der Waals surface area (Å²) in [5.74, 6) is -0.237. The number of carboxylic acid groups (broad SMARTS) is 1. The number of hydrogen-bond acceptors (Lipinski definition) is 4. The summed E-state index contributed by atoms with van der Waals surface area (Å²) in [6.07, 6.45) is 1.68. The normalized spacial score (nSPS) is 20.9. The molecule has 5 heteroatoms. The first-order valence-corrected chi connectivity index (χ1v) is 7.61. The van der Waals surface area contributed by atoms with Crippen molar-refractivity contribution in [3.8, 4) is 5.75 Å². The molecule has 2 N–H and O–H groups in total. The maximum Gasteiger partial charge on any atom is 0.336 e. The monoisotopic (exact) mass is 304 g/mol. The minimum Gasteiger partial charge on any atom is -0.497 e. The Hall–Kier alpha value is -1.85. The van der Waals surface area contributed by atoms with Gasteiger partial charge in [-0.05, 0) is 47.5 Å². The van der Waals surface area contributed by atoms with Gasteiger partial charge in [-0.25, -0.2) is 4.79 Å². The summed E-state index contributed by atoms with van der Waals surface area (Å²) in [6.45, 7) is 0. The number of ether oxygens (including phenoxy) is 1. The molecule has 110 valence electrons. The number of aliphatic hydroxyl groups is 1. The number of methoxy groups -OCH3 is 1. The molecule has 0 radical (unpaired) electrons. The van der Waals surface area contributed by atoms with Crippen molar-refractivity contribution in [1.29, 1.82) is 0 Å². The summed E-state index contributed by atoms with van der Waals surface area (Å²) >= 11 is 1.31. The molecular weight excluding hydrogens is 288 g/mol. The van der Waals surface area contributed by atoms with Gasteiger partial charge in [-0.3, -0.25) is 0 Å². The lowest BCUT2D eigenvalue weighted by atomic mass is 9.78. The van der Waals surface area contributed by atoms with Crippen molar-refractivity contribution in [2.45, 2.75) is 24.9 Å². The van der Waals surface area contributed by atoms with E-state index in [1.165, 1.54) is 16.9 Å². The molecule has 21 heavy (non-hydrogen) atoms. The minimum absolute atomic E-state index is 0.203. The van der Waals surface area contributed by atoms with Crippen LogP contribution in [0.3, 0.4) is 0 Å². The van der Waals surface area contributed by atoms with Crippen LogP contribution in [0.15, 0.2) is 29.6 Å². The fourth-order valence-corrected chi connectivity index (χ4v) is 3.93. The zero-order valence-corrected chi connectivity index (χ0v) is 12.4. The molecule has 0 fully saturated rings. The van der Waals surface area contributed by atoms with Crippen molar-refractivity contribution in [3.05, 3.63) is 51.2 Å². The second kappa shape index (κ2) is 5.16. The van der Waals surface area contributed by atoms with Crippen molar-refractivity contribution in [2.75, 3.05) is 7.11 Å². The molecular formula is C16H16O4S. The van der Waals surface area contributed by atoms with E-state index in [4.69, 9.17) is 4.74 Å². The smallest absolute Gasteiger partial charge is 0.336 e. The van der Waals surface area contributed by atoms with E-state index in [2.05, 4.69) is 0 Å². The van der Waals surface area contributed by atoms with Gasteiger partial charge in [0.1, 0.15) is 11.4 Å². The van der Waals surface area contributed by atoms with E-state index in [9.17, 15) is 15.0 Å². The van der Waals surface area contributed by atoms with Gasteiger partial charge in [0.2, 0.25) is 0 Å². The predicted molar refractivity (Wildman–Crippen MR) is 80.2 cm³/mol. The number of thiophene rings is 1. The second-order valence-electron chi connectivity index (χ2n) is 5.31. The van der Waals surface area contributed by atoms with Crippen molar-refractivity contribution in [1.82, 2.24) is 0 Å². The number of carboxylic acids is 1. The number of carbonyl (C=O) groups is 1. The fourth-order valence-electron chi connectivity index (χ4n) is 2.91. The molecule has 2 aromatic rings. The highest BCUT2D eigenvalue weighted by atomic mass is 32.1. The number of benzene rings is 1. The number of aromatic carboxylic acids is 1. The molecule has 1 aliphatic carbocycles. The first kappa shape index (κ1) is 14.1. The summed E-state index contributed by atoms with van der Waals surface area (Å²) in [4.78, 5) is 11.8. The highest BCUT2D eigenvalue weighted by Gasteiger charge is 2.38. The van der Waals surface area contributed by atoms with Crippen molar-refractivity contribution in [2.24, 2.45) is 0 Å². The van der Waals surface area contributed by atoms with Gasteiger partial charge in [0.15, 0.2) is 0 Å². The van der Waals surface area contributed by atoms with Crippen molar-refractivity contribution >= 4 is 17.3 Å². The summed E-state index contributed by atoms with van der Waals surface area (Å²) in [6, 6.07) is 7.41. The first-order chi connectivity index (χ1) is 10.0. The highest BCUT2D eigenvalue weighted by molar-refractivity contribution is 7.10. The third-order valence-corrected chi connectivity index (χ3v) is 5.13. The third-order valence-electron chi connectivity index (χ3n) is 4.02. The number of hydrogen-bond donors (Lipinski definition) is 2. The number of rotatable bonds is 3. The van der Waals surface area contributed by atoms with E-state index in [1.54, 1.807) is 18.6 Å². The van der Waals surface area contributed by atoms with Crippen LogP contribution in [0.4, 0.5) is 0 Å². The molecule has 1 heterocycles. The Labute approximate surface area is 126 Å². The fraction of sp³-hybridized carbons (Fsp3) is 0.312. The van der Waals surface area contributed by atoms with Crippen LogP contribution in [0.2, 0.25) is 0 Å². The molecule has 1 aliphatic rings. The Balaban J connectivity index is 2.00. The van der Waals surface area contributed by atoms with E-state index in [1.807, 2.05) is 18.2 Å². The zero-order valence-electron chi connectivity index (χ0n) is 11.6. The van der Waals surface area contributed by atoms with Gasteiger partial charge in [-0.1, -0.05) is 6.07 Å². The minimum atomic E-state index is -1.11. The Bertz CT molecular complexity index is 691. The lowest BCUT2D eigenvalue weighted by molar-refractivity contribution is 0.0238. The summed E-state index contributed by atoms with van der Waals surface area (Å²) in [5.41, 5.74) is 1.30. The lowest BCUT2D eigenvalue weighted by Gasteiger charge is -2.33. The molecule has 0 saturated heterocycles. The predicted octanol–water partition coefficient (Wildman–Crippen LogP) is 2.83. The van der Waals surface area contributed by atoms with Gasteiger partial charge < -0.3 is 14.9 Å². The van der Waals surface area contributed by atoms with Crippen LogP contribution < -0.4 is 4.74 Å². The average Bonchev–Trinajstić information content (AvgIpc) is 2.97. The Morgan fingerprint density at radius 1 is 1.33 bits per heavy atom. The molecule has 1 aromatic heterocycles. The Morgan fingerprint density at radius 2 is 2.14 bits per heavy atom. The van der Waals surface area contributed by atoms with E-state index in [-0.39, 0.29) is 5.56 Å². The molecule has 3 rings (SSSR count). The third kappa shape index (κ3) is 2.43. The Kier molecular flexibility index (Phi) is 3.47. The topological polar surface area (TPSA) is 66.8 Å². The van der Waals surface area contributed by atoms with Gasteiger partial charge in [-0.15, -0.1) is 11.3 Å². The molecule has 0 saturated carbocycles. The lowest BCUT2D eigenvalue weighted by Crippen LogP contribution is -2.33. The van der Waals surface area contributed by atoms with Gasteiger partial charge in [0.05, 0.1) is 17.6 Å². The van der Waals surface area contributed by atoms with E-state index >= 15 is 0 Å². The molecule has 0 spiro atoms. The summed E-state index contributed by atoms with van der Waals surface area (Å²) < 4.78 is 5.23. The van der Waals surface area contributed by atoms with Crippen LogP contribution in [-0.4, -0.2) is 23.3 Å². The van der Waals surface area contributed by atoms with Crippen LogP contribution >= 0.6 is 11.3 Å².